The van der Waals surface area contributed by atoms with Gasteiger partial charge in [-0.25, -0.2) is 14.8 Å². The number of aromatic nitrogens is 2. The predicted octanol–water partition coefficient (Wildman–Crippen LogP) is 3.37. The third-order valence-corrected chi connectivity index (χ3v) is 6.82. The molecule has 0 saturated carbocycles. The van der Waals surface area contributed by atoms with Crippen molar-refractivity contribution < 1.29 is 9.59 Å². The van der Waals surface area contributed by atoms with Crippen molar-refractivity contribution in [2.24, 2.45) is 0 Å². The molecule has 32 heavy (non-hydrogen) atoms. The number of hydrogen-bond donors (Lipinski definition) is 0. The Morgan fingerprint density at radius 2 is 1.50 bits per heavy atom. The van der Waals surface area contributed by atoms with Gasteiger partial charge in [-0.1, -0.05) is 42.5 Å². The Labute approximate surface area is 187 Å². The highest BCUT2D eigenvalue weighted by Gasteiger charge is 2.56. The molecule has 1 aromatic heterocycles. The van der Waals surface area contributed by atoms with Gasteiger partial charge in [0, 0.05) is 33.2 Å². The van der Waals surface area contributed by atoms with Crippen molar-refractivity contribution in [3.05, 3.63) is 71.5 Å². The van der Waals surface area contributed by atoms with Gasteiger partial charge in [0.05, 0.1) is 22.4 Å². The van der Waals surface area contributed by atoms with Gasteiger partial charge in [-0.05, 0) is 37.5 Å². The number of urea groups is 1. The van der Waals surface area contributed by atoms with Crippen LogP contribution >= 0.6 is 0 Å². The van der Waals surface area contributed by atoms with Crippen molar-refractivity contribution in [2.45, 2.75) is 38.4 Å². The van der Waals surface area contributed by atoms with E-state index in [0.717, 1.165) is 41.1 Å². The summed E-state index contributed by atoms with van der Waals surface area (Å²) >= 11 is 0. The third kappa shape index (κ3) is 3.42. The average molecular weight is 430 g/mol. The molecule has 0 atom stereocenters. The van der Waals surface area contributed by atoms with Crippen molar-refractivity contribution in [1.29, 1.82) is 0 Å². The fourth-order valence-electron chi connectivity index (χ4n) is 4.91. The van der Waals surface area contributed by atoms with Crippen LogP contribution in [0.5, 0.6) is 0 Å². The Morgan fingerprint density at radius 3 is 2.19 bits per heavy atom. The first kappa shape index (κ1) is 20.6. The number of imide groups is 1. The molecule has 7 heteroatoms. The smallest absolute Gasteiger partial charge is 0.305 e. The normalized spacial score (nSPS) is 18.8. The number of hydrogen-bond acceptors (Lipinski definition) is 5. The van der Waals surface area contributed by atoms with Crippen molar-refractivity contribution in [3.8, 4) is 0 Å². The Kier molecular flexibility index (Phi) is 5.13. The minimum absolute atomic E-state index is 0.0836. The fraction of sp³-hybridized carbons (Fsp3) is 0.360. The summed E-state index contributed by atoms with van der Waals surface area (Å²) in [5.41, 5.74) is 3.97. The number of piperidine rings is 1. The molecule has 2 aliphatic rings. The maximum atomic E-state index is 13.2. The highest BCUT2D eigenvalue weighted by molar-refractivity contribution is 6.06. The number of likely N-dealkylation sites (N-methyl/N-ethyl adjacent to an activating group) is 1. The van der Waals surface area contributed by atoms with Gasteiger partial charge < -0.3 is 4.90 Å². The first-order chi connectivity index (χ1) is 15.5. The van der Waals surface area contributed by atoms with E-state index in [9.17, 15) is 9.59 Å². The van der Waals surface area contributed by atoms with Crippen molar-refractivity contribution in [2.75, 3.05) is 20.1 Å². The van der Waals surface area contributed by atoms with Crippen LogP contribution in [0, 0.1) is 6.92 Å². The largest absolute Gasteiger partial charge is 0.327 e. The van der Waals surface area contributed by atoms with Crippen molar-refractivity contribution in [1.82, 2.24) is 24.7 Å². The zero-order valence-electron chi connectivity index (χ0n) is 18.5. The van der Waals surface area contributed by atoms with Crippen LogP contribution in [0.3, 0.4) is 0 Å². The number of para-hydroxylation sites is 2. The molecule has 1 spiro atoms. The third-order valence-electron chi connectivity index (χ3n) is 6.82. The van der Waals surface area contributed by atoms with E-state index in [0.29, 0.717) is 25.9 Å². The van der Waals surface area contributed by atoms with Crippen LogP contribution in [0.1, 0.15) is 29.8 Å². The van der Waals surface area contributed by atoms with Crippen LogP contribution in [0.2, 0.25) is 0 Å². The van der Waals surface area contributed by atoms with E-state index in [-0.39, 0.29) is 11.9 Å². The minimum Gasteiger partial charge on any atom is -0.305 e. The SMILES string of the molecule is Cc1nc2ccccc2nc1CN1CCC2(CC1)C(=O)N(C)C(=O)N2Cc1ccccc1. The topological polar surface area (TPSA) is 69.6 Å². The molecule has 7 nitrogen and oxygen atoms in total. The van der Waals surface area contributed by atoms with E-state index in [1.807, 2.05) is 61.5 Å². The van der Waals surface area contributed by atoms with E-state index in [4.69, 9.17) is 9.97 Å². The molecule has 0 unspecified atom stereocenters. The standard InChI is InChI=1S/C25H27N5O2/c1-18-22(27-21-11-7-6-10-20(21)26-18)17-29-14-12-25(13-15-29)23(31)28(2)24(32)30(25)16-19-8-4-3-5-9-19/h3-11H,12-17H2,1-2H3. The maximum absolute atomic E-state index is 13.2. The molecule has 2 saturated heterocycles. The van der Waals surface area contributed by atoms with Crippen LogP contribution in [-0.2, 0) is 17.9 Å². The molecule has 0 radical (unpaired) electrons. The van der Waals surface area contributed by atoms with E-state index < -0.39 is 5.54 Å². The molecule has 2 fully saturated rings. The Balaban J connectivity index is 1.34. The maximum Gasteiger partial charge on any atom is 0.327 e. The number of benzene rings is 2. The van der Waals surface area contributed by atoms with Gasteiger partial charge in [-0.3, -0.25) is 14.6 Å². The number of rotatable bonds is 4. The van der Waals surface area contributed by atoms with Crippen LogP contribution in [0.15, 0.2) is 54.6 Å². The molecule has 2 aliphatic heterocycles. The zero-order valence-corrected chi connectivity index (χ0v) is 18.5. The quantitative estimate of drug-likeness (QED) is 0.595. The Morgan fingerprint density at radius 1 is 0.875 bits per heavy atom. The predicted molar refractivity (Wildman–Crippen MR) is 122 cm³/mol. The molecule has 5 rings (SSSR count). The first-order valence-electron chi connectivity index (χ1n) is 11.1. The minimum atomic E-state index is -0.762. The summed E-state index contributed by atoms with van der Waals surface area (Å²) in [7, 11) is 1.60. The lowest BCUT2D eigenvalue weighted by atomic mass is 9.85. The lowest BCUT2D eigenvalue weighted by molar-refractivity contribution is -0.135. The van der Waals surface area contributed by atoms with Crippen molar-refractivity contribution >= 4 is 23.0 Å². The Bertz CT molecular complexity index is 1170. The number of carbonyl (C=O) groups is 2. The summed E-state index contributed by atoms with van der Waals surface area (Å²) < 4.78 is 0. The van der Waals surface area contributed by atoms with Gasteiger partial charge in [0.25, 0.3) is 5.91 Å². The van der Waals surface area contributed by atoms with E-state index in [2.05, 4.69) is 4.90 Å². The molecule has 0 N–H and O–H groups in total. The average Bonchev–Trinajstić information content (AvgIpc) is 2.98. The van der Waals surface area contributed by atoms with Crippen molar-refractivity contribution in [3.63, 3.8) is 0 Å². The molecule has 3 amide bonds. The zero-order chi connectivity index (χ0) is 22.3. The summed E-state index contributed by atoms with van der Waals surface area (Å²) in [4.78, 5) is 41.0. The second kappa shape index (κ2) is 7.98. The molecular formula is C25H27N5O2. The molecule has 0 aliphatic carbocycles. The molecule has 164 valence electrons. The molecule has 2 aromatic carbocycles. The van der Waals surface area contributed by atoms with Gasteiger partial charge in [-0.2, -0.15) is 0 Å². The van der Waals surface area contributed by atoms with E-state index >= 15 is 0 Å². The van der Waals surface area contributed by atoms with E-state index in [1.54, 1.807) is 11.9 Å². The summed E-state index contributed by atoms with van der Waals surface area (Å²) in [5.74, 6) is -0.0836. The second-order valence-corrected chi connectivity index (χ2v) is 8.77. The lowest BCUT2D eigenvalue weighted by Gasteiger charge is -2.42. The number of fused-ring (bicyclic) bond motifs is 1. The van der Waals surface area contributed by atoms with E-state index in [1.165, 1.54) is 4.90 Å². The van der Waals surface area contributed by atoms with Gasteiger partial charge in [-0.15, -0.1) is 0 Å². The number of aryl methyl sites for hydroxylation is 1. The van der Waals surface area contributed by atoms with Gasteiger partial charge >= 0.3 is 6.03 Å². The van der Waals surface area contributed by atoms with Gasteiger partial charge in [0.2, 0.25) is 0 Å². The van der Waals surface area contributed by atoms with Gasteiger partial charge in [0.15, 0.2) is 0 Å². The molecule has 0 bridgehead atoms. The summed E-state index contributed by atoms with van der Waals surface area (Å²) in [6, 6.07) is 17.6. The Hall–Kier alpha value is -3.32. The summed E-state index contributed by atoms with van der Waals surface area (Å²) in [6.45, 7) is 4.59. The number of likely N-dealkylation sites (tertiary alicyclic amines) is 1. The highest BCUT2D eigenvalue weighted by atomic mass is 16.2. The number of amides is 3. The van der Waals surface area contributed by atoms with Gasteiger partial charge in [0.1, 0.15) is 5.54 Å². The van der Waals surface area contributed by atoms with Crippen LogP contribution in [0.25, 0.3) is 11.0 Å². The summed E-state index contributed by atoms with van der Waals surface area (Å²) in [6.07, 6.45) is 1.24. The molecule has 3 heterocycles. The molecule has 3 aromatic rings. The first-order valence-corrected chi connectivity index (χ1v) is 11.1. The van der Waals surface area contributed by atoms with Crippen LogP contribution in [-0.4, -0.2) is 62.3 Å². The van der Waals surface area contributed by atoms with Crippen LogP contribution in [0.4, 0.5) is 4.79 Å². The lowest BCUT2D eigenvalue weighted by Crippen LogP contribution is -2.56. The highest BCUT2D eigenvalue weighted by Crippen LogP contribution is 2.38. The second-order valence-electron chi connectivity index (χ2n) is 8.77. The number of nitrogens with zero attached hydrogens (tertiary/aromatic N) is 5. The molecular weight excluding hydrogens is 402 g/mol. The monoisotopic (exact) mass is 429 g/mol. The number of carbonyl (C=O) groups excluding carboxylic acids is 2. The summed E-state index contributed by atoms with van der Waals surface area (Å²) in [5, 5.41) is 0. The fourth-order valence-corrected chi connectivity index (χ4v) is 4.91. The van der Waals surface area contributed by atoms with Crippen LogP contribution < -0.4 is 0 Å².